The SMILES string of the molecule is COC(=O)N[C@H](C(=O)N1CCC[C@H]1C(=O)Nc1ccc([C@H]2CC[C@H](c3ccc(NC(=O)[C@@H]4CCCN4C(=O)[C@@H](NC(=O)OC)C(C)C)c([N+](=O)[O-])c3)N2c2ccc(N3CCOCC3)c(F)c2)cc1[N+](=O)[O-])C(C)C. The van der Waals surface area contributed by atoms with Crippen LogP contribution in [0.4, 0.5) is 48.1 Å². The summed E-state index contributed by atoms with van der Waals surface area (Å²) in [6.07, 6.45) is 0.551. The van der Waals surface area contributed by atoms with Crippen molar-refractivity contribution in [2.45, 2.75) is 102 Å². The first kappa shape index (κ1) is 54.2. The molecule has 4 fully saturated rings. The van der Waals surface area contributed by atoms with E-state index in [2.05, 4.69) is 21.3 Å². The predicted octanol–water partition coefficient (Wildman–Crippen LogP) is 6.18. The Balaban J connectivity index is 1.18. The van der Waals surface area contributed by atoms with E-state index in [1.807, 2.05) is 9.80 Å². The number of carbonyl (C=O) groups is 6. The molecule has 0 aromatic heterocycles. The highest BCUT2D eigenvalue weighted by molar-refractivity contribution is 6.01. The van der Waals surface area contributed by atoms with Crippen LogP contribution in [0.5, 0.6) is 0 Å². The van der Waals surface area contributed by atoms with Crippen molar-refractivity contribution < 1.29 is 57.2 Å². The van der Waals surface area contributed by atoms with E-state index < -0.39 is 99.1 Å². The Labute approximate surface area is 426 Å². The van der Waals surface area contributed by atoms with Crippen molar-refractivity contribution in [2.24, 2.45) is 11.8 Å². The number of ether oxygens (including phenoxy) is 3. The van der Waals surface area contributed by atoms with Gasteiger partial charge < -0.3 is 55.1 Å². The molecule has 4 heterocycles. The first-order chi connectivity index (χ1) is 35.3. The number of benzene rings is 3. The summed E-state index contributed by atoms with van der Waals surface area (Å²) in [7, 11) is 2.34. The fourth-order valence-electron chi connectivity index (χ4n) is 10.4. The third-order valence-electron chi connectivity index (χ3n) is 14.1. The highest BCUT2D eigenvalue weighted by Crippen LogP contribution is 2.49. The Morgan fingerprint density at radius 1 is 0.649 bits per heavy atom. The number of amides is 6. The summed E-state index contributed by atoms with van der Waals surface area (Å²) in [6.45, 7) is 9.12. The zero-order chi connectivity index (χ0) is 53.5. The molecule has 74 heavy (non-hydrogen) atoms. The summed E-state index contributed by atoms with van der Waals surface area (Å²) < 4.78 is 31.2. The molecule has 23 nitrogen and oxygen atoms in total. The number of carbonyl (C=O) groups excluding carboxylic acids is 6. The first-order valence-electron chi connectivity index (χ1n) is 24.7. The van der Waals surface area contributed by atoms with Crippen LogP contribution < -0.4 is 31.1 Å². The van der Waals surface area contributed by atoms with Crippen LogP contribution >= 0.6 is 0 Å². The average molecular weight is 1030 g/mol. The second-order valence-electron chi connectivity index (χ2n) is 19.4. The van der Waals surface area contributed by atoms with Crippen molar-refractivity contribution >= 4 is 69.9 Å². The molecule has 4 saturated heterocycles. The van der Waals surface area contributed by atoms with Gasteiger partial charge in [-0.2, -0.15) is 0 Å². The van der Waals surface area contributed by atoms with Gasteiger partial charge in [-0.05, 0) is 91.8 Å². The van der Waals surface area contributed by atoms with E-state index in [9.17, 15) is 49.0 Å². The number of halogens is 1. The van der Waals surface area contributed by atoms with E-state index in [-0.39, 0.29) is 49.1 Å². The lowest BCUT2D eigenvalue weighted by Crippen LogP contribution is -2.54. The van der Waals surface area contributed by atoms with E-state index in [1.54, 1.807) is 52.0 Å². The normalized spacial score (nSPS) is 20.5. The Bertz CT molecular complexity index is 2500. The second kappa shape index (κ2) is 23.5. The van der Waals surface area contributed by atoms with Gasteiger partial charge in [0.25, 0.3) is 11.4 Å². The highest BCUT2D eigenvalue weighted by atomic mass is 19.1. The van der Waals surface area contributed by atoms with Gasteiger partial charge in [0.1, 0.15) is 41.4 Å². The second-order valence-corrected chi connectivity index (χ2v) is 19.4. The predicted molar refractivity (Wildman–Crippen MR) is 268 cm³/mol. The van der Waals surface area contributed by atoms with Crippen LogP contribution in [0.15, 0.2) is 54.6 Å². The summed E-state index contributed by atoms with van der Waals surface area (Å²) in [5, 5.41) is 36.0. The average Bonchev–Trinajstić information content (AvgIpc) is 4.18. The molecule has 0 spiro atoms. The van der Waals surface area contributed by atoms with E-state index in [4.69, 9.17) is 14.2 Å². The van der Waals surface area contributed by atoms with Crippen LogP contribution in [0, 0.1) is 37.9 Å². The molecular weight excluding hydrogens is 968 g/mol. The Morgan fingerprint density at radius 3 is 1.49 bits per heavy atom. The third-order valence-corrected chi connectivity index (χ3v) is 14.1. The lowest BCUT2D eigenvalue weighted by molar-refractivity contribution is -0.384. The van der Waals surface area contributed by atoms with Crippen LogP contribution in [-0.4, -0.2) is 133 Å². The quantitative estimate of drug-likeness (QED) is 0.0921. The molecule has 24 heteroatoms. The Kier molecular flexibility index (Phi) is 17.2. The van der Waals surface area contributed by atoms with E-state index >= 15 is 4.39 Å². The molecule has 6 amide bonds. The molecule has 4 aliphatic rings. The van der Waals surface area contributed by atoms with Gasteiger partial charge in [-0.15, -0.1) is 0 Å². The Morgan fingerprint density at radius 2 is 1.09 bits per heavy atom. The molecule has 7 rings (SSSR count). The molecule has 0 aliphatic carbocycles. The molecule has 0 radical (unpaired) electrons. The van der Waals surface area contributed by atoms with Crippen LogP contribution in [0.3, 0.4) is 0 Å². The van der Waals surface area contributed by atoms with Crippen molar-refractivity contribution in [3.8, 4) is 0 Å². The van der Waals surface area contributed by atoms with Gasteiger partial charge in [0.2, 0.25) is 23.6 Å². The molecule has 0 saturated carbocycles. The lowest BCUT2D eigenvalue weighted by Gasteiger charge is -2.34. The monoisotopic (exact) mass is 1030 g/mol. The standard InChI is InChI=1S/C50H63FN10O13/c1-28(2)43(54-49(66)72-5)47(64)57-19-7-9-39(57)45(62)52-34-14-11-30(25-41(34)60(68)69)36-17-18-37(59(36)32-13-16-38(33(51)27-32)56-21-23-74-24-22-56)31-12-15-35(42(26-31)61(70)71)53-46(63)40-10-8-20-58(40)48(65)44(29(3)4)55-50(67)73-6/h11-16,25-29,36-37,39-40,43-44H,7-10,17-24H2,1-6H3,(H,52,62)(H,53,63)(H,54,66)(H,55,67)/t36-,37-,39+,40+,43+,44+/m1/s1. The number of rotatable bonds is 16. The van der Waals surface area contributed by atoms with Crippen molar-refractivity contribution in [1.29, 1.82) is 0 Å². The molecule has 398 valence electrons. The van der Waals surface area contributed by atoms with Gasteiger partial charge in [0.05, 0.1) is 55.1 Å². The number of anilines is 4. The van der Waals surface area contributed by atoms with Crippen molar-refractivity contribution in [3.63, 3.8) is 0 Å². The molecule has 4 N–H and O–H groups in total. The minimum absolute atomic E-state index is 0.130. The molecule has 3 aromatic rings. The van der Waals surface area contributed by atoms with Gasteiger partial charge in [-0.1, -0.05) is 39.8 Å². The maximum atomic E-state index is 16.3. The number of likely N-dealkylation sites (tertiary alicyclic amines) is 2. The number of methoxy groups -OCH3 is 2. The van der Waals surface area contributed by atoms with E-state index in [1.165, 1.54) is 54.4 Å². The van der Waals surface area contributed by atoms with Gasteiger partial charge in [-0.25, -0.2) is 14.0 Å². The number of alkyl carbamates (subject to hydrolysis) is 2. The fraction of sp³-hybridized carbons (Fsp3) is 0.520. The summed E-state index contributed by atoms with van der Waals surface area (Å²) >= 11 is 0. The van der Waals surface area contributed by atoms with Gasteiger partial charge in [0, 0.05) is 44.0 Å². The van der Waals surface area contributed by atoms with Crippen molar-refractivity contribution in [1.82, 2.24) is 20.4 Å². The summed E-state index contributed by atoms with van der Waals surface area (Å²) in [6, 6.07) is 8.10. The number of nitro benzene ring substituents is 2. The number of nitrogens with zero attached hydrogens (tertiary/aromatic N) is 6. The number of nitrogens with one attached hydrogen (secondary N) is 4. The number of hydrogen-bond acceptors (Lipinski definition) is 15. The van der Waals surface area contributed by atoms with Crippen LogP contribution in [-0.2, 0) is 33.4 Å². The number of hydrogen-bond donors (Lipinski definition) is 4. The molecule has 3 aromatic carbocycles. The minimum atomic E-state index is -0.994. The zero-order valence-electron chi connectivity index (χ0n) is 42.2. The van der Waals surface area contributed by atoms with E-state index in [0.717, 1.165) is 0 Å². The summed E-state index contributed by atoms with van der Waals surface area (Å²) in [5.74, 6) is -3.57. The molecule has 0 unspecified atom stereocenters. The van der Waals surface area contributed by atoms with Crippen molar-refractivity contribution in [3.05, 3.63) is 91.8 Å². The molecule has 0 bridgehead atoms. The molecule has 6 atom stereocenters. The highest BCUT2D eigenvalue weighted by Gasteiger charge is 2.43. The smallest absolute Gasteiger partial charge is 0.407 e. The molecular formula is C50H63FN10O13. The Hall–Kier alpha value is -7.63. The number of nitro groups is 2. The maximum absolute atomic E-state index is 16.3. The maximum Gasteiger partial charge on any atom is 0.407 e. The topological polar surface area (TPSA) is 277 Å². The van der Waals surface area contributed by atoms with Crippen LogP contribution in [0.1, 0.15) is 89.4 Å². The number of morpholine rings is 1. The van der Waals surface area contributed by atoms with Crippen molar-refractivity contribution in [2.75, 3.05) is 74.0 Å². The summed E-state index contributed by atoms with van der Waals surface area (Å²) in [4.78, 5) is 110. The largest absolute Gasteiger partial charge is 0.453 e. The zero-order valence-corrected chi connectivity index (χ0v) is 42.2. The third kappa shape index (κ3) is 11.7. The van der Waals surface area contributed by atoms with Crippen LogP contribution in [0.2, 0.25) is 0 Å². The lowest BCUT2D eigenvalue weighted by atomic mass is 10.0. The minimum Gasteiger partial charge on any atom is -0.453 e. The van der Waals surface area contributed by atoms with Gasteiger partial charge in [0.15, 0.2) is 0 Å². The van der Waals surface area contributed by atoms with E-state index in [0.29, 0.717) is 74.5 Å². The fourth-order valence-corrected chi connectivity index (χ4v) is 10.4. The van der Waals surface area contributed by atoms with Crippen LogP contribution in [0.25, 0.3) is 0 Å². The van der Waals surface area contributed by atoms with Gasteiger partial charge >= 0.3 is 12.2 Å². The first-order valence-corrected chi connectivity index (χ1v) is 24.7. The van der Waals surface area contributed by atoms with Gasteiger partial charge in [-0.3, -0.25) is 39.4 Å². The summed E-state index contributed by atoms with van der Waals surface area (Å²) in [5.41, 5.74) is 0.423. The molecule has 4 aliphatic heterocycles.